The summed E-state index contributed by atoms with van der Waals surface area (Å²) in [6, 6.07) is 12.7. The molecule has 1 fully saturated rings. The third kappa shape index (κ3) is 7.24. The number of nitrogens with one attached hydrogen (secondary N) is 1. The molecular formula is C26H35N3O5S2. The van der Waals surface area contributed by atoms with Crippen LogP contribution in [0, 0.1) is 6.92 Å². The quantitative estimate of drug-likeness (QED) is 0.253. The Hall–Kier alpha value is -2.56. The zero-order chi connectivity index (χ0) is 26.1. The van der Waals surface area contributed by atoms with Crippen LogP contribution in [0.5, 0.6) is 0 Å². The third-order valence-electron chi connectivity index (χ3n) is 6.03. The molecule has 36 heavy (non-hydrogen) atoms. The SMILES string of the molecule is CCN(CC)S(=O)(=O)c1ccc(N2CCCC2)c(C(=O)OCC(=O)NCCSc2ccc(C)cc2)c1. The summed E-state index contributed by atoms with van der Waals surface area (Å²) in [6.07, 6.45) is 1.99. The van der Waals surface area contributed by atoms with E-state index in [2.05, 4.69) is 5.32 Å². The topological polar surface area (TPSA) is 96.0 Å². The number of amides is 1. The molecule has 1 heterocycles. The minimum absolute atomic E-state index is 0.0404. The van der Waals surface area contributed by atoms with E-state index in [1.54, 1.807) is 31.7 Å². The van der Waals surface area contributed by atoms with Crippen molar-refractivity contribution in [2.45, 2.75) is 43.4 Å². The van der Waals surface area contributed by atoms with E-state index in [0.717, 1.165) is 30.8 Å². The van der Waals surface area contributed by atoms with Gasteiger partial charge in [-0.3, -0.25) is 4.79 Å². The van der Waals surface area contributed by atoms with E-state index in [1.807, 2.05) is 36.1 Å². The van der Waals surface area contributed by atoms with E-state index in [1.165, 1.54) is 22.0 Å². The summed E-state index contributed by atoms with van der Waals surface area (Å²) in [5.74, 6) is -0.423. The lowest BCUT2D eigenvalue weighted by Gasteiger charge is -2.23. The Balaban J connectivity index is 1.63. The maximum absolute atomic E-state index is 13.0. The first-order valence-electron chi connectivity index (χ1n) is 12.3. The van der Waals surface area contributed by atoms with E-state index >= 15 is 0 Å². The summed E-state index contributed by atoms with van der Waals surface area (Å²) in [5, 5.41) is 2.76. The normalized spacial score (nSPS) is 13.7. The predicted octanol–water partition coefficient (Wildman–Crippen LogP) is 3.69. The molecule has 0 unspecified atom stereocenters. The van der Waals surface area contributed by atoms with Crippen LogP contribution in [0.4, 0.5) is 5.69 Å². The van der Waals surface area contributed by atoms with E-state index in [-0.39, 0.29) is 10.5 Å². The molecule has 1 saturated heterocycles. The fraction of sp³-hybridized carbons (Fsp3) is 0.462. The monoisotopic (exact) mass is 533 g/mol. The highest BCUT2D eigenvalue weighted by Crippen LogP contribution is 2.29. The Kier molecular flexibility index (Phi) is 10.2. The van der Waals surface area contributed by atoms with Crippen LogP contribution < -0.4 is 10.2 Å². The molecule has 0 atom stereocenters. The Labute approximate surface area is 218 Å². The molecule has 0 radical (unpaired) electrons. The summed E-state index contributed by atoms with van der Waals surface area (Å²) in [4.78, 5) is 28.5. The van der Waals surface area contributed by atoms with Gasteiger partial charge in [-0.2, -0.15) is 4.31 Å². The number of nitrogens with zero attached hydrogens (tertiary/aromatic N) is 2. The van der Waals surface area contributed by atoms with Gasteiger partial charge in [-0.1, -0.05) is 31.5 Å². The molecule has 0 spiro atoms. The Morgan fingerprint density at radius 3 is 2.36 bits per heavy atom. The highest BCUT2D eigenvalue weighted by Gasteiger charge is 2.27. The van der Waals surface area contributed by atoms with Gasteiger partial charge in [0.1, 0.15) is 0 Å². The van der Waals surface area contributed by atoms with E-state index in [9.17, 15) is 18.0 Å². The summed E-state index contributed by atoms with van der Waals surface area (Å²) in [6.45, 7) is 7.79. The van der Waals surface area contributed by atoms with Crippen molar-refractivity contribution >= 4 is 39.3 Å². The Morgan fingerprint density at radius 1 is 1.06 bits per heavy atom. The number of benzene rings is 2. The Bertz CT molecular complexity index is 1140. The second-order valence-corrected chi connectivity index (χ2v) is 11.7. The van der Waals surface area contributed by atoms with Crippen LogP contribution in [0.2, 0.25) is 0 Å². The van der Waals surface area contributed by atoms with Crippen molar-refractivity contribution in [3.63, 3.8) is 0 Å². The molecule has 1 amide bonds. The molecule has 2 aromatic carbocycles. The molecule has 10 heteroatoms. The number of sulfonamides is 1. The van der Waals surface area contributed by atoms with Crippen LogP contribution in [0.15, 0.2) is 52.3 Å². The van der Waals surface area contributed by atoms with Gasteiger partial charge >= 0.3 is 5.97 Å². The lowest BCUT2D eigenvalue weighted by Crippen LogP contribution is -2.32. The van der Waals surface area contributed by atoms with Crippen molar-refractivity contribution in [3.8, 4) is 0 Å². The molecule has 1 N–H and O–H groups in total. The second kappa shape index (κ2) is 13.1. The number of esters is 1. The molecule has 0 bridgehead atoms. The van der Waals surface area contributed by atoms with Gasteiger partial charge < -0.3 is 15.0 Å². The molecule has 0 aliphatic carbocycles. The zero-order valence-electron chi connectivity index (χ0n) is 21.2. The maximum Gasteiger partial charge on any atom is 0.340 e. The van der Waals surface area contributed by atoms with Crippen molar-refractivity contribution in [2.24, 2.45) is 0 Å². The zero-order valence-corrected chi connectivity index (χ0v) is 22.8. The number of anilines is 1. The van der Waals surface area contributed by atoms with Gasteiger partial charge in [-0.05, 0) is 50.1 Å². The second-order valence-electron chi connectivity index (χ2n) is 8.55. The van der Waals surface area contributed by atoms with Gasteiger partial charge in [-0.25, -0.2) is 13.2 Å². The number of ether oxygens (including phenoxy) is 1. The smallest absolute Gasteiger partial charge is 0.340 e. The largest absolute Gasteiger partial charge is 0.452 e. The van der Waals surface area contributed by atoms with Crippen LogP contribution in [0.1, 0.15) is 42.6 Å². The lowest BCUT2D eigenvalue weighted by molar-refractivity contribution is -0.124. The van der Waals surface area contributed by atoms with E-state index in [4.69, 9.17) is 4.74 Å². The summed E-state index contributed by atoms with van der Waals surface area (Å²) < 4.78 is 32.7. The first-order chi connectivity index (χ1) is 17.3. The standard InChI is InChI=1S/C26H35N3O5S2/c1-4-29(5-2)36(32,33)22-12-13-24(28-15-6-7-16-28)23(18-22)26(31)34-19-25(30)27-14-17-35-21-10-8-20(3)9-11-21/h8-13,18H,4-7,14-17,19H2,1-3H3,(H,27,30). The van der Waals surface area contributed by atoms with E-state index < -0.39 is 28.5 Å². The number of hydrogen-bond acceptors (Lipinski definition) is 7. The number of aryl methyl sites for hydroxylation is 1. The summed E-state index contributed by atoms with van der Waals surface area (Å²) in [7, 11) is -3.74. The number of thioether (sulfide) groups is 1. The lowest BCUT2D eigenvalue weighted by atomic mass is 10.1. The van der Waals surface area contributed by atoms with Crippen LogP contribution in [-0.4, -0.2) is 69.7 Å². The fourth-order valence-corrected chi connectivity index (χ4v) is 6.29. The minimum Gasteiger partial charge on any atom is -0.452 e. The predicted molar refractivity (Wildman–Crippen MR) is 143 cm³/mol. The highest BCUT2D eigenvalue weighted by atomic mass is 32.2. The van der Waals surface area contributed by atoms with Crippen LogP contribution in [-0.2, 0) is 19.6 Å². The van der Waals surface area contributed by atoms with Crippen molar-refractivity contribution in [2.75, 3.05) is 50.0 Å². The van der Waals surface area contributed by atoms with Crippen LogP contribution in [0.3, 0.4) is 0 Å². The average molecular weight is 534 g/mol. The molecule has 1 aliphatic heterocycles. The average Bonchev–Trinajstić information content (AvgIpc) is 3.41. The number of rotatable bonds is 12. The van der Waals surface area contributed by atoms with Gasteiger partial charge in [-0.15, -0.1) is 11.8 Å². The molecule has 3 rings (SSSR count). The van der Waals surface area contributed by atoms with Gasteiger partial charge in [0.05, 0.1) is 16.1 Å². The van der Waals surface area contributed by atoms with Crippen molar-refractivity contribution in [1.82, 2.24) is 9.62 Å². The summed E-state index contributed by atoms with van der Waals surface area (Å²) >= 11 is 1.63. The molecule has 0 saturated carbocycles. The van der Waals surface area contributed by atoms with Gasteiger partial charge in [0.25, 0.3) is 5.91 Å². The minimum atomic E-state index is -3.74. The fourth-order valence-electron chi connectivity index (χ4n) is 4.04. The number of carbonyl (C=O) groups is 2. The van der Waals surface area contributed by atoms with Crippen LogP contribution in [0.25, 0.3) is 0 Å². The molecule has 0 aromatic heterocycles. The molecule has 2 aromatic rings. The third-order valence-corrected chi connectivity index (χ3v) is 9.09. The van der Waals surface area contributed by atoms with Crippen LogP contribution >= 0.6 is 11.8 Å². The maximum atomic E-state index is 13.0. The Morgan fingerprint density at radius 2 is 1.72 bits per heavy atom. The number of carbonyl (C=O) groups excluding carboxylic acids is 2. The highest BCUT2D eigenvalue weighted by molar-refractivity contribution is 7.99. The molecule has 1 aliphatic rings. The van der Waals surface area contributed by atoms with Gasteiger partial charge in [0.15, 0.2) is 6.61 Å². The van der Waals surface area contributed by atoms with Crippen molar-refractivity contribution in [3.05, 3.63) is 53.6 Å². The van der Waals surface area contributed by atoms with Crippen molar-refractivity contribution < 1.29 is 22.7 Å². The molecular weight excluding hydrogens is 498 g/mol. The summed E-state index contributed by atoms with van der Waals surface area (Å²) in [5.41, 5.74) is 1.98. The molecule has 196 valence electrons. The molecule has 8 nitrogen and oxygen atoms in total. The van der Waals surface area contributed by atoms with E-state index in [0.29, 0.717) is 31.1 Å². The number of hydrogen-bond donors (Lipinski definition) is 1. The van der Waals surface area contributed by atoms with Crippen molar-refractivity contribution in [1.29, 1.82) is 0 Å². The first kappa shape index (κ1) is 28.0. The van der Waals surface area contributed by atoms with Gasteiger partial charge in [0.2, 0.25) is 10.0 Å². The first-order valence-corrected chi connectivity index (χ1v) is 14.7. The van der Waals surface area contributed by atoms with Gasteiger partial charge in [0, 0.05) is 43.4 Å².